The van der Waals surface area contributed by atoms with Crippen LogP contribution >= 0.6 is 0 Å². The van der Waals surface area contributed by atoms with Crippen molar-refractivity contribution in [3.63, 3.8) is 0 Å². The van der Waals surface area contributed by atoms with Gasteiger partial charge in [-0.3, -0.25) is 18.5 Å². The van der Waals surface area contributed by atoms with Crippen molar-refractivity contribution < 1.29 is 0 Å². The monoisotopic (exact) mass is 456 g/mol. The van der Waals surface area contributed by atoms with Crippen LogP contribution in [0.4, 0.5) is 5.95 Å². The molecule has 0 bridgehead atoms. The number of anilines is 1. The standard InChI is InChI=1S/C26H28N6O2/c1-18-19(2)32-22-23(27-25(32)31(28-18)17-15-21-12-8-5-9-13-21)29(3)26(34)30(24(22)33)16-14-20-10-6-4-7-11-20/h4-13,19H,14-17H2,1-3H3/t19-/m0/s1. The highest BCUT2D eigenvalue weighted by Gasteiger charge is 2.30. The van der Waals surface area contributed by atoms with Crippen molar-refractivity contribution in [3.05, 3.63) is 92.6 Å². The minimum Gasteiger partial charge on any atom is -0.294 e. The molecule has 3 heterocycles. The van der Waals surface area contributed by atoms with E-state index < -0.39 is 0 Å². The zero-order valence-corrected chi connectivity index (χ0v) is 19.7. The Kier molecular flexibility index (Phi) is 5.65. The molecule has 8 nitrogen and oxygen atoms in total. The van der Waals surface area contributed by atoms with Crippen molar-refractivity contribution in [3.8, 4) is 0 Å². The van der Waals surface area contributed by atoms with Gasteiger partial charge in [-0.15, -0.1) is 0 Å². The number of hydrogen-bond donors (Lipinski definition) is 0. The fourth-order valence-electron chi connectivity index (χ4n) is 4.50. The summed E-state index contributed by atoms with van der Waals surface area (Å²) in [5, 5.41) is 6.61. The predicted molar refractivity (Wildman–Crippen MR) is 135 cm³/mol. The Bertz CT molecular complexity index is 1480. The van der Waals surface area contributed by atoms with Crippen LogP contribution in [0.15, 0.2) is 75.4 Å². The van der Waals surface area contributed by atoms with Gasteiger partial charge in [0.05, 0.1) is 11.8 Å². The van der Waals surface area contributed by atoms with E-state index in [-0.39, 0.29) is 17.3 Å². The molecule has 0 N–H and O–H groups in total. The van der Waals surface area contributed by atoms with Crippen molar-refractivity contribution in [1.29, 1.82) is 0 Å². The van der Waals surface area contributed by atoms with Gasteiger partial charge < -0.3 is 0 Å². The molecule has 2 aromatic heterocycles. The van der Waals surface area contributed by atoms with Crippen molar-refractivity contribution in [2.24, 2.45) is 12.1 Å². The van der Waals surface area contributed by atoms with Crippen LogP contribution in [0, 0.1) is 0 Å². The van der Waals surface area contributed by atoms with Crippen molar-refractivity contribution >= 4 is 22.8 Å². The second-order valence-corrected chi connectivity index (χ2v) is 8.76. The first-order chi connectivity index (χ1) is 16.5. The number of imidazole rings is 1. The van der Waals surface area contributed by atoms with E-state index in [2.05, 4.69) is 12.1 Å². The van der Waals surface area contributed by atoms with E-state index in [0.29, 0.717) is 36.6 Å². The molecule has 0 radical (unpaired) electrons. The molecule has 1 aliphatic rings. The molecule has 1 aliphatic heterocycles. The van der Waals surface area contributed by atoms with E-state index in [1.54, 1.807) is 7.05 Å². The van der Waals surface area contributed by atoms with Crippen LogP contribution in [0.3, 0.4) is 0 Å². The number of nitrogens with zero attached hydrogens (tertiary/aromatic N) is 6. The molecule has 0 spiro atoms. The van der Waals surface area contributed by atoms with Crippen molar-refractivity contribution in [2.75, 3.05) is 11.6 Å². The largest absolute Gasteiger partial charge is 0.332 e. The average Bonchev–Trinajstić information content (AvgIpc) is 3.27. The molecule has 4 aromatic rings. The van der Waals surface area contributed by atoms with E-state index in [9.17, 15) is 9.59 Å². The summed E-state index contributed by atoms with van der Waals surface area (Å²) in [7, 11) is 1.68. The second kappa shape index (κ2) is 8.78. The Morgan fingerprint density at radius 3 is 2.09 bits per heavy atom. The van der Waals surface area contributed by atoms with Crippen molar-refractivity contribution in [1.82, 2.24) is 18.7 Å². The van der Waals surface area contributed by atoms with E-state index in [0.717, 1.165) is 17.7 Å². The lowest BCUT2D eigenvalue weighted by molar-refractivity contribution is 0.594. The van der Waals surface area contributed by atoms with Gasteiger partial charge in [-0.2, -0.15) is 10.1 Å². The Morgan fingerprint density at radius 2 is 1.47 bits per heavy atom. The molecule has 0 fully saturated rings. The minimum absolute atomic E-state index is 0.138. The molecule has 0 aliphatic carbocycles. The third-order valence-electron chi connectivity index (χ3n) is 6.58. The minimum atomic E-state index is -0.356. The molecule has 174 valence electrons. The molecular weight excluding hydrogens is 428 g/mol. The molecule has 0 amide bonds. The summed E-state index contributed by atoms with van der Waals surface area (Å²) in [5.41, 5.74) is 3.34. The summed E-state index contributed by atoms with van der Waals surface area (Å²) in [6, 6.07) is 19.9. The summed E-state index contributed by atoms with van der Waals surface area (Å²) in [6.45, 7) is 4.90. The predicted octanol–water partition coefficient (Wildman–Crippen LogP) is 3.14. The molecule has 5 rings (SSSR count). The number of fused-ring (bicyclic) bond motifs is 3. The van der Waals surface area contributed by atoms with Crippen molar-refractivity contribution in [2.45, 2.75) is 39.3 Å². The van der Waals surface area contributed by atoms with E-state index >= 15 is 0 Å². The SMILES string of the molecule is CC1=NN(CCc2ccccc2)c2nc3c(c(=O)n(CCc4ccccc4)c(=O)n3C)n2[C@H]1C. The topological polar surface area (TPSA) is 77.4 Å². The molecule has 0 saturated carbocycles. The van der Waals surface area contributed by atoms with Gasteiger partial charge in [-0.05, 0) is 37.8 Å². The van der Waals surface area contributed by atoms with Gasteiger partial charge >= 0.3 is 5.69 Å². The number of rotatable bonds is 6. The van der Waals surface area contributed by atoms with Crippen LogP contribution in [0.5, 0.6) is 0 Å². The highest BCUT2D eigenvalue weighted by Crippen LogP contribution is 2.29. The lowest BCUT2D eigenvalue weighted by atomic mass is 10.1. The van der Waals surface area contributed by atoms with E-state index in [1.165, 1.54) is 14.7 Å². The first-order valence-corrected chi connectivity index (χ1v) is 11.6. The lowest BCUT2D eigenvalue weighted by Crippen LogP contribution is -2.40. The molecule has 8 heteroatoms. The van der Waals surface area contributed by atoms with Crippen LogP contribution in [0.2, 0.25) is 0 Å². The van der Waals surface area contributed by atoms with Crippen LogP contribution in [0.1, 0.15) is 31.0 Å². The maximum Gasteiger partial charge on any atom is 0.332 e. The maximum absolute atomic E-state index is 13.6. The number of benzene rings is 2. The average molecular weight is 457 g/mol. The van der Waals surface area contributed by atoms with Crippen LogP contribution in [-0.2, 0) is 26.4 Å². The van der Waals surface area contributed by atoms with Gasteiger partial charge in [0.2, 0.25) is 5.95 Å². The second-order valence-electron chi connectivity index (χ2n) is 8.76. The highest BCUT2D eigenvalue weighted by molar-refractivity contribution is 5.91. The van der Waals surface area contributed by atoms with Gasteiger partial charge in [0.25, 0.3) is 5.56 Å². The fourth-order valence-corrected chi connectivity index (χ4v) is 4.50. The third-order valence-corrected chi connectivity index (χ3v) is 6.58. The summed E-state index contributed by atoms with van der Waals surface area (Å²) in [5.74, 6) is 0.594. The summed E-state index contributed by atoms with van der Waals surface area (Å²) < 4.78 is 4.74. The van der Waals surface area contributed by atoms with Crippen LogP contribution in [-0.4, -0.2) is 30.9 Å². The molecule has 34 heavy (non-hydrogen) atoms. The number of aryl methyl sites for hydroxylation is 2. The Morgan fingerprint density at radius 1 is 0.882 bits per heavy atom. The van der Waals surface area contributed by atoms with Crippen LogP contribution in [0.25, 0.3) is 11.2 Å². The normalized spacial score (nSPS) is 15.4. The Balaban J connectivity index is 1.58. The van der Waals surface area contributed by atoms with E-state index in [1.807, 2.05) is 72.0 Å². The van der Waals surface area contributed by atoms with Gasteiger partial charge in [0.1, 0.15) is 0 Å². The van der Waals surface area contributed by atoms with Crippen LogP contribution < -0.4 is 16.3 Å². The zero-order chi connectivity index (χ0) is 23.8. The summed E-state index contributed by atoms with van der Waals surface area (Å²) in [6.07, 6.45) is 1.39. The smallest absolute Gasteiger partial charge is 0.294 e. The molecule has 1 atom stereocenters. The fraction of sp³-hybridized carbons (Fsp3) is 0.308. The molecule has 2 aromatic carbocycles. The number of aromatic nitrogens is 4. The Hall–Kier alpha value is -3.94. The zero-order valence-electron chi connectivity index (χ0n) is 19.7. The van der Waals surface area contributed by atoms with Gasteiger partial charge in [0, 0.05) is 20.1 Å². The highest BCUT2D eigenvalue weighted by atomic mass is 16.2. The summed E-state index contributed by atoms with van der Waals surface area (Å²) >= 11 is 0. The van der Waals surface area contributed by atoms with Gasteiger partial charge in [0.15, 0.2) is 11.2 Å². The first kappa shape index (κ1) is 21.9. The third kappa shape index (κ3) is 3.75. The molecule has 0 saturated heterocycles. The van der Waals surface area contributed by atoms with Gasteiger partial charge in [-0.1, -0.05) is 60.7 Å². The molecular formula is C26H28N6O2. The van der Waals surface area contributed by atoms with Gasteiger partial charge in [-0.25, -0.2) is 9.80 Å². The first-order valence-electron chi connectivity index (χ1n) is 11.6. The van der Waals surface area contributed by atoms with E-state index in [4.69, 9.17) is 10.1 Å². The lowest BCUT2D eigenvalue weighted by Gasteiger charge is -2.29. The quantitative estimate of drug-likeness (QED) is 0.447. The maximum atomic E-state index is 13.6. The summed E-state index contributed by atoms with van der Waals surface area (Å²) in [4.78, 5) is 31.5. The Labute approximate surface area is 197 Å². The number of hydrogen-bond acceptors (Lipinski definition) is 5. The molecule has 0 unspecified atom stereocenters. The number of hydrazone groups is 1.